The van der Waals surface area contributed by atoms with Crippen molar-refractivity contribution >= 4 is 11.4 Å². The van der Waals surface area contributed by atoms with E-state index in [0.717, 1.165) is 12.8 Å². The molecular weight excluding hydrogens is 306 g/mol. The van der Waals surface area contributed by atoms with E-state index in [0.29, 0.717) is 0 Å². The van der Waals surface area contributed by atoms with Crippen molar-refractivity contribution in [3.63, 3.8) is 0 Å². The number of anilines is 2. The summed E-state index contributed by atoms with van der Waals surface area (Å²) in [5, 5.41) is 0. The zero-order chi connectivity index (χ0) is 17.8. The summed E-state index contributed by atoms with van der Waals surface area (Å²) in [6, 6.07) is 21.9. The number of rotatable bonds is 6. The molecule has 1 heterocycles. The minimum absolute atomic E-state index is 0.938. The molecule has 0 fully saturated rings. The van der Waals surface area contributed by atoms with Crippen LogP contribution in [0.5, 0.6) is 0 Å². The number of aromatic nitrogens is 1. The fourth-order valence-corrected chi connectivity index (χ4v) is 2.96. The average molecular weight is 333 g/mol. The first-order valence-corrected chi connectivity index (χ1v) is 8.70. The van der Waals surface area contributed by atoms with Crippen molar-refractivity contribution in [1.29, 1.82) is 0 Å². The van der Waals surface area contributed by atoms with Gasteiger partial charge < -0.3 is 14.8 Å². The Kier molecular flexibility index (Phi) is 5.13. The fraction of sp³-hybridized carbons (Fsp3) is 0.273. The van der Waals surface area contributed by atoms with Crippen LogP contribution in [0.3, 0.4) is 0 Å². The Balaban J connectivity index is 1.63. The number of nitrogens with zero attached hydrogens (tertiary/aromatic N) is 2. The molecule has 0 amide bonds. The van der Waals surface area contributed by atoms with Crippen LogP contribution in [-0.4, -0.2) is 33.2 Å². The van der Waals surface area contributed by atoms with Gasteiger partial charge in [0, 0.05) is 63.8 Å². The summed E-state index contributed by atoms with van der Waals surface area (Å²) in [5.74, 6) is 0. The second-order valence-electron chi connectivity index (χ2n) is 6.98. The topological polar surface area (TPSA) is 22.3 Å². The van der Waals surface area contributed by atoms with E-state index in [9.17, 15) is 0 Å². The summed E-state index contributed by atoms with van der Waals surface area (Å²) in [6.45, 7) is 0. The van der Waals surface area contributed by atoms with Crippen molar-refractivity contribution in [1.82, 2.24) is 4.98 Å². The van der Waals surface area contributed by atoms with Gasteiger partial charge in [-0.1, -0.05) is 24.3 Å². The summed E-state index contributed by atoms with van der Waals surface area (Å²) in [4.78, 5) is 7.81. The van der Waals surface area contributed by atoms with Crippen molar-refractivity contribution < 1.29 is 0 Å². The zero-order valence-electron chi connectivity index (χ0n) is 15.6. The second kappa shape index (κ2) is 7.47. The third kappa shape index (κ3) is 4.44. The van der Waals surface area contributed by atoms with Crippen molar-refractivity contribution in [3.8, 4) is 0 Å². The maximum atomic E-state index is 3.56. The zero-order valence-corrected chi connectivity index (χ0v) is 15.6. The van der Waals surface area contributed by atoms with Crippen LogP contribution >= 0.6 is 0 Å². The number of nitrogens with one attached hydrogen (secondary N) is 1. The maximum Gasteiger partial charge on any atom is 0.0361 e. The molecule has 3 heteroatoms. The van der Waals surface area contributed by atoms with Gasteiger partial charge in [0.1, 0.15) is 0 Å². The third-order valence-electron chi connectivity index (χ3n) is 4.50. The first-order valence-electron chi connectivity index (χ1n) is 8.70. The number of benzene rings is 2. The van der Waals surface area contributed by atoms with Gasteiger partial charge in [0.25, 0.3) is 0 Å². The molecule has 1 aromatic heterocycles. The quantitative estimate of drug-likeness (QED) is 0.725. The Labute approximate surface area is 150 Å². The first kappa shape index (κ1) is 17.2. The highest BCUT2D eigenvalue weighted by molar-refractivity contribution is 5.47. The van der Waals surface area contributed by atoms with Crippen LogP contribution < -0.4 is 9.80 Å². The Morgan fingerprint density at radius 1 is 0.560 bits per heavy atom. The van der Waals surface area contributed by atoms with Gasteiger partial charge in [-0.25, -0.2) is 0 Å². The van der Waals surface area contributed by atoms with Crippen LogP contribution in [-0.2, 0) is 12.8 Å². The first-order chi connectivity index (χ1) is 12.0. The van der Waals surface area contributed by atoms with E-state index in [-0.39, 0.29) is 0 Å². The monoisotopic (exact) mass is 333 g/mol. The number of hydrogen-bond donors (Lipinski definition) is 1. The molecule has 1 N–H and O–H groups in total. The molecule has 0 radical (unpaired) electrons. The Bertz CT molecular complexity index is 728. The summed E-state index contributed by atoms with van der Waals surface area (Å²) in [7, 11) is 8.27. The summed E-state index contributed by atoms with van der Waals surface area (Å²) < 4.78 is 0. The van der Waals surface area contributed by atoms with Crippen molar-refractivity contribution in [3.05, 3.63) is 83.2 Å². The van der Waals surface area contributed by atoms with Gasteiger partial charge in [-0.2, -0.15) is 0 Å². The largest absolute Gasteiger partial charge is 0.378 e. The Hall–Kier alpha value is -2.68. The van der Waals surface area contributed by atoms with E-state index in [4.69, 9.17) is 0 Å². The van der Waals surface area contributed by atoms with Crippen molar-refractivity contribution in [2.45, 2.75) is 12.8 Å². The molecule has 3 aromatic rings. The molecule has 0 saturated carbocycles. The highest BCUT2D eigenvalue weighted by atomic mass is 15.1. The smallest absolute Gasteiger partial charge is 0.0361 e. The van der Waals surface area contributed by atoms with Crippen LogP contribution in [0.1, 0.15) is 22.5 Å². The number of H-pyrrole nitrogens is 1. The maximum absolute atomic E-state index is 3.56. The van der Waals surface area contributed by atoms with Crippen molar-refractivity contribution in [2.75, 3.05) is 38.0 Å². The lowest BCUT2D eigenvalue weighted by atomic mass is 10.1. The Morgan fingerprint density at radius 3 is 1.24 bits per heavy atom. The molecule has 2 aromatic carbocycles. The van der Waals surface area contributed by atoms with E-state index < -0.39 is 0 Å². The van der Waals surface area contributed by atoms with Crippen LogP contribution in [0.25, 0.3) is 0 Å². The highest BCUT2D eigenvalue weighted by Gasteiger charge is 2.04. The molecule has 0 aliphatic rings. The van der Waals surface area contributed by atoms with Crippen LogP contribution in [0.4, 0.5) is 11.4 Å². The molecule has 0 spiro atoms. The molecule has 0 saturated heterocycles. The summed E-state index contributed by atoms with van der Waals surface area (Å²) in [5.41, 5.74) is 7.65. The molecule has 0 atom stereocenters. The summed E-state index contributed by atoms with van der Waals surface area (Å²) >= 11 is 0. The van der Waals surface area contributed by atoms with Crippen LogP contribution in [0, 0.1) is 0 Å². The molecule has 25 heavy (non-hydrogen) atoms. The lowest BCUT2D eigenvalue weighted by Crippen LogP contribution is -2.08. The van der Waals surface area contributed by atoms with E-state index in [1.54, 1.807) is 0 Å². The standard InChI is InChI=1S/C22H27N3/c1-24(2)21-11-5-17(6-12-21)15-19-9-10-20(23-19)16-18-7-13-22(14-8-18)25(3)4/h5-14,23H,15-16H2,1-4H3. The molecule has 3 nitrogen and oxygen atoms in total. The molecule has 0 aliphatic carbocycles. The van der Waals surface area contributed by atoms with Crippen LogP contribution in [0.15, 0.2) is 60.7 Å². The minimum atomic E-state index is 0.938. The fourth-order valence-electron chi connectivity index (χ4n) is 2.96. The predicted molar refractivity (Wildman–Crippen MR) is 108 cm³/mol. The predicted octanol–water partition coefficient (Wildman–Crippen LogP) is 4.33. The lowest BCUT2D eigenvalue weighted by Gasteiger charge is -2.12. The minimum Gasteiger partial charge on any atom is -0.378 e. The van der Waals surface area contributed by atoms with E-state index in [2.05, 4.69) is 104 Å². The second-order valence-corrected chi connectivity index (χ2v) is 6.98. The molecular formula is C22H27N3. The average Bonchev–Trinajstić information content (AvgIpc) is 3.02. The van der Waals surface area contributed by atoms with Gasteiger partial charge >= 0.3 is 0 Å². The van der Waals surface area contributed by atoms with Crippen LogP contribution in [0.2, 0.25) is 0 Å². The van der Waals surface area contributed by atoms with Gasteiger partial charge in [0.05, 0.1) is 0 Å². The van der Waals surface area contributed by atoms with Gasteiger partial charge in [-0.05, 0) is 47.5 Å². The number of hydrogen-bond acceptors (Lipinski definition) is 2. The van der Waals surface area contributed by atoms with E-state index in [1.807, 2.05) is 0 Å². The van der Waals surface area contributed by atoms with Gasteiger partial charge in [0.15, 0.2) is 0 Å². The van der Waals surface area contributed by atoms with Gasteiger partial charge in [0.2, 0.25) is 0 Å². The summed E-state index contributed by atoms with van der Waals surface area (Å²) in [6.07, 6.45) is 1.88. The number of aromatic amines is 1. The Morgan fingerprint density at radius 2 is 0.920 bits per heavy atom. The van der Waals surface area contributed by atoms with Crippen molar-refractivity contribution in [2.24, 2.45) is 0 Å². The van der Waals surface area contributed by atoms with E-state index in [1.165, 1.54) is 33.9 Å². The highest BCUT2D eigenvalue weighted by Crippen LogP contribution is 2.18. The molecule has 3 rings (SSSR count). The SMILES string of the molecule is CN(C)c1ccc(Cc2ccc(Cc3ccc(N(C)C)cc3)[nH]2)cc1. The molecule has 0 aliphatic heterocycles. The molecule has 130 valence electrons. The van der Waals surface area contributed by atoms with E-state index >= 15 is 0 Å². The van der Waals surface area contributed by atoms with Gasteiger partial charge in [-0.3, -0.25) is 0 Å². The normalized spacial score (nSPS) is 10.7. The lowest BCUT2D eigenvalue weighted by molar-refractivity contribution is 1.03. The molecule has 0 unspecified atom stereocenters. The molecule has 0 bridgehead atoms. The van der Waals surface area contributed by atoms with Gasteiger partial charge in [-0.15, -0.1) is 0 Å². The third-order valence-corrected chi connectivity index (χ3v) is 4.50.